The van der Waals surface area contributed by atoms with Crippen LogP contribution in [0.25, 0.3) is 0 Å². The van der Waals surface area contributed by atoms with Crippen molar-refractivity contribution in [2.45, 2.75) is 166 Å². The van der Waals surface area contributed by atoms with Crippen LogP contribution >= 0.6 is 7.82 Å². The van der Waals surface area contributed by atoms with Crippen LogP contribution in [0, 0.1) is 0 Å². The first-order valence-corrected chi connectivity index (χ1v) is 22.7. The Kier molecular flexibility index (Phi) is 36.7. The highest BCUT2D eigenvalue weighted by molar-refractivity contribution is 7.47. The topological polar surface area (TPSA) is 210 Å². The minimum Gasteiger partial charge on any atom is -0.462 e. The van der Waals surface area contributed by atoms with Crippen LogP contribution in [-0.2, 0) is 32.7 Å². The van der Waals surface area contributed by atoms with Crippen molar-refractivity contribution >= 4 is 19.8 Å². The third-order valence-electron chi connectivity index (χ3n) is 8.69. The highest BCUT2D eigenvalue weighted by atomic mass is 31.2. The zero-order valence-electron chi connectivity index (χ0n) is 35.1. The Balaban J connectivity index is 4.66. The molecule has 0 aliphatic carbocycles. The zero-order valence-corrected chi connectivity index (χ0v) is 36.0. The average molecular weight is 843 g/mol. The second-order valence-corrected chi connectivity index (χ2v) is 15.7. The van der Waals surface area contributed by atoms with Gasteiger partial charge in [-0.3, -0.25) is 18.6 Å². The summed E-state index contributed by atoms with van der Waals surface area (Å²) in [7, 11) is -4.70. The van der Waals surface area contributed by atoms with E-state index in [-0.39, 0.29) is 25.7 Å². The maximum absolute atomic E-state index is 12.6. The number of aliphatic hydroxyl groups is 5. The van der Waals surface area contributed by atoms with Crippen molar-refractivity contribution in [1.82, 2.24) is 0 Å². The van der Waals surface area contributed by atoms with E-state index in [4.69, 9.17) is 19.1 Å². The van der Waals surface area contributed by atoms with Gasteiger partial charge in [-0.15, -0.1) is 0 Å². The number of hydrogen-bond donors (Lipinski definition) is 6. The summed E-state index contributed by atoms with van der Waals surface area (Å²) in [5.74, 6) is -1.27. The third-order valence-corrected chi connectivity index (χ3v) is 9.64. The summed E-state index contributed by atoms with van der Waals surface area (Å²) in [6, 6.07) is 0. The number of esters is 2. The molecule has 0 bridgehead atoms. The summed E-state index contributed by atoms with van der Waals surface area (Å²) >= 11 is 0. The van der Waals surface area contributed by atoms with E-state index in [1.165, 1.54) is 44.6 Å². The van der Waals surface area contributed by atoms with Crippen molar-refractivity contribution < 1.29 is 63.1 Å². The number of ether oxygens (including phenoxy) is 2. The lowest BCUT2D eigenvalue weighted by Crippen LogP contribution is -2.30. The van der Waals surface area contributed by atoms with Crippen LogP contribution in [0.5, 0.6) is 0 Å². The number of allylic oxidation sites excluding steroid dienone is 9. The molecule has 58 heavy (non-hydrogen) atoms. The van der Waals surface area contributed by atoms with Gasteiger partial charge in [0.2, 0.25) is 0 Å². The molecule has 0 saturated carbocycles. The van der Waals surface area contributed by atoms with Crippen LogP contribution in [-0.4, -0.2) is 99.3 Å². The predicted molar refractivity (Wildman–Crippen MR) is 228 cm³/mol. The first-order chi connectivity index (χ1) is 27.9. The monoisotopic (exact) mass is 842 g/mol. The molecule has 0 saturated heterocycles. The SMILES string of the molecule is CC/C=C\C[C@@H](O)/C=C/C=C/C=C\C=C/[C@H](O)[C@@H](O)CCCC(=O)OC[C@H](COP(=O)(O)OC[C@@H](O)CO)OC(=O)CCCCCCCCC/C=C\CCCCCC. The van der Waals surface area contributed by atoms with Gasteiger partial charge >= 0.3 is 19.8 Å². The summed E-state index contributed by atoms with van der Waals surface area (Å²) in [4.78, 5) is 35.0. The van der Waals surface area contributed by atoms with Gasteiger partial charge in [0.15, 0.2) is 6.10 Å². The molecule has 0 amide bonds. The summed E-state index contributed by atoms with van der Waals surface area (Å²) in [5, 5.41) is 48.7. The Morgan fingerprint density at radius 1 is 0.638 bits per heavy atom. The number of phosphoric acid groups is 1. The fourth-order valence-electron chi connectivity index (χ4n) is 5.27. The molecule has 0 aromatic carbocycles. The molecule has 0 spiro atoms. The molecule has 0 aliphatic rings. The van der Waals surface area contributed by atoms with Crippen LogP contribution in [0.3, 0.4) is 0 Å². The molecular weight excluding hydrogens is 767 g/mol. The molecule has 14 heteroatoms. The zero-order chi connectivity index (χ0) is 43.1. The Hall–Kier alpha value is -2.71. The molecule has 0 aliphatic heterocycles. The highest BCUT2D eigenvalue weighted by Crippen LogP contribution is 2.43. The maximum atomic E-state index is 12.6. The van der Waals surface area contributed by atoms with Crippen molar-refractivity contribution in [3.63, 3.8) is 0 Å². The molecule has 6 atom stereocenters. The summed E-state index contributed by atoms with van der Waals surface area (Å²) in [5.41, 5.74) is 0. The number of rotatable bonds is 38. The molecule has 13 nitrogen and oxygen atoms in total. The fraction of sp³-hybridized carbons (Fsp3) is 0.682. The van der Waals surface area contributed by atoms with Crippen molar-refractivity contribution in [3.05, 3.63) is 72.9 Å². The number of carbonyl (C=O) groups is 2. The van der Waals surface area contributed by atoms with Crippen molar-refractivity contribution in [2.75, 3.05) is 26.4 Å². The molecule has 0 heterocycles. The summed E-state index contributed by atoms with van der Waals surface area (Å²) < 4.78 is 32.4. The second-order valence-electron chi connectivity index (χ2n) is 14.2. The Morgan fingerprint density at radius 3 is 1.84 bits per heavy atom. The molecular formula is C44H75O13P. The van der Waals surface area contributed by atoms with E-state index in [0.717, 1.165) is 44.9 Å². The molecule has 6 N–H and O–H groups in total. The number of unbranched alkanes of at least 4 members (excludes halogenated alkanes) is 11. The number of aliphatic hydroxyl groups excluding tert-OH is 5. The lowest BCUT2D eigenvalue weighted by atomic mass is 10.1. The first kappa shape index (κ1) is 55.3. The van der Waals surface area contributed by atoms with Crippen molar-refractivity contribution in [3.8, 4) is 0 Å². The maximum Gasteiger partial charge on any atom is 0.472 e. The van der Waals surface area contributed by atoms with Gasteiger partial charge in [0.1, 0.15) is 12.7 Å². The Bertz CT molecular complexity index is 1250. The van der Waals surface area contributed by atoms with Gasteiger partial charge in [-0.05, 0) is 57.8 Å². The van der Waals surface area contributed by atoms with Gasteiger partial charge in [0.05, 0.1) is 38.1 Å². The van der Waals surface area contributed by atoms with Gasteiger partial charge in [-0.2, -0.15) is 0 Å². The van der Waals surface area contributed by atoms with E-state index in [1.54, 1.807) is 42.5 Å². The molecule has 0 aromatic rings. The standard InChI is InChI=1S/C44H75O13P/c1-3-5-7-8-9-10-11-12-13-14-15-16-17-22-26-32-44(51)57-40(37-56-58(52,53)55-35-39(47)34-45)36-54-43(50)33-27-31-42(49)41(48)30-25-21-19-18-20-24-29-38(46)28-23-6-4-2/h6,10-11,18-21,23-25,29-30,38-42,45-49H,3-5,7-9,12-17,22,26-28,31-37H2,1-2H3,(H,52,53)/b11-10-,20-18+,21-19-,23-6-,29-24+,30-25-/t38-,39+,40-,41+,42+/m1/s1. The van der Waals surface area contributed by atoms with Crippen LogP contribution in [0.4, 0.5) is 0 Å². The molecule has 334 valence electrons. The molecule has 0 fully saturated rings. The van der Waals surface area contributed by atoms with Crippen molar-refractivity contribution in [1.29, 1.82) is 0 Å². The summed E-state index contributed by atoms with van der Waals surface area (Å²) in [6.45, 7) is 1.76. The quantitative estimate of drug-likeness (QED) is 0.0115. The van der Waals surface area contributed by atoms with E-state index in [9.17, 15) is 39.5 Å². The smallest absolute Gasteiger partial charge is 0.462 e. The van der Waals surface area contributed by atoms with E-state index in [1.807, 2.05) is 19.1 Å². The van der Waals surface area contributed by atoms with E-state index < -0.39 is 76.7 Å². The van der Waals surface area contributed by atoms with Gasteiger partial charge < -0.3 is 39.9 Å². The van der Waals surface area contributed by atoms with Crippen LogP contribution in [0.1, 0.15) is 136 Å². The second kappa shape index (κ2) is 38.5. The van der Waals surface area contributed by atoms with Gasteiger partial charge in [-0.1, -0.05) is 138 Å². The average Bonchev–Trinajstić information content (AvgIpc) is 3.20. The highest BCUT2D eigenvalue weighted by Gasteiger charge is 2.27. The number of carbonyl (C=O) groups excluding carboxylic acids is 2. The molecule has 1 unspecified atom stereocenters. The Morgan fingerprint density at radius 2 is 1.21 bits per heavy atom. The van der Waals surface area contributed by atoms with Gasteiger partial charge in [0, 0.05) is 12.8 Å². The van der Waals surface area contributed by atoms with E-state index in [2.05, 4.69) is 23.6 Å². The minimum atomic E-state index is -4.70. The largest absolute Gasteiger partial charge is 0.472 e. The van der Waals surface area contributed by atoms with Gasteiger partial charge in [0.25, 0.3) is 0 Å². The molecule has 0 radical (unpaired) electrons. The van der Waals surface area contributed by atoms with E-state index >= 15 is 0 Å². The first-order valence-electron chi connectivity index (χ1n) is 21.2. The molecule has 0 aromatic heterocycles. The predicted octanol–water partition coefficient (Wildman–Crippen LogP) is 7.80. The third kappa shape index (κ3) is 36.4. The van der Waals surface area contributed by atoms with Gasteiger partial charge in [-0.25, -0.2) is 4.57 Å². The van der Waals surface area contributed by atoms with Crippen molar-refractivity contribution in [2.24, 2.45) is 0 Å². The minimum absolute atomic E-state index is 0.0909. The lowest BCUT2D eigenvalue weighted by Gasteiger charge is -2.20. The fourth-order valence-corrected chi connectivity index (χ4v) is 6.06. The van der Waals surface area contributed by atoms with Crippen LogP contribution < -0.4 is 0 Å². The number of hydrogen-bond acceptors (Lipinski definition) is 12. The van der Waals surface area contributed by atoms with Crippen LogP contribution in [0.15, 0.2) is 72.9 Å². The lowest BCUT2D eigenvalue weighted by molar-refractivity contribution is -0.161. The molecule has 0 rings (SSSR count). The number of phosphoric ester groups is 1. The Labute approximate surface area is 347 Å². The normalized spacial score (nSPS) is 16.2. The summed E-state index contributed by atoms with van der Waals surface area (Å²) in [6.07, 6.45) is 32.4. The van der Waals surface area contributed by atoms with E-state index in [0.29, 0.717) is 12.8 Å². The van der Waals surface area contributed by atoms with Crippen LogP contribution in [0.2, 0.25) is 0 Å².